The lowest BCUT2D eigenvalue weighted by Gasteiger charge is -2.08. The monoisotopic (exact) mass is 473 g/mol. The maximum absolute atomic E-state index is 12.6. The number of halogens is 1. The predicted molar refractivity (Wildman–Crippen MR) is 125 cm³/mol. The fraction of sp³-hybridized carbons (Fsp3) is 0.125. The van der Waals surface area contributed by atoms with Gasteiger partial charge >= 0.3 is 0 Å². The molecular formula is C24H20BrN5O. The van der Waals surface area contributed by atoms with Crippen LogP contribution in [-0.2, 0) is 17.9 Å². The van der Waals surface area contributed by atoms with Crippen LogP contribution in [0.25, 0.3) is 17.0 Å². The largest absolute Gasteiger partial charge is 0.346 e. The van der Waals surface area contributed by atoms with Crippen molar-refractivity contribution in [2.75, 3.05) is 5.32 Å². The number of nitrogens with one attached hydrogen (secondary N) is 1. The first-order chi connectivity index (χ1) is 15.1. The molecule has 0 unspecified atom stereocenters. The van der Waals surface area contributed by atoms with Crippen LogP contribution in [0.1, 0.15) is 17.5 Å². The fourth-order valence-corrected chi connectivity index (χ4v) is 3.69. The standard InChI is InChI=1S/C24H20BrN5O/c25-20-9-6-18(7-10-20)16-30-23(12-14-27-30)28-24(31)11-8-19-17-29(15-3-13-26)22-5-2-1-4-21(19)22/h1-2,4-12,14,17H,3,15-16H2,(H,28,31)/b11-8+. The zero-order valence-corrected chi connectivity index (χ0v) is 18.3. The molecule has 0 aliphatic carbocycles. The quantitative estimate of drug-likeness (QED) is 0.374. The Kier molecular flexibility index (Phi) is 6.29. The fourth-order valence-electron chi connectivity index (χ4n) is 3.42. The van der Waals surface area contributed by atoms with Crippen LogP contribution in [0, 0.1) is 11.3 Å². The Labute approximate surface area is 188 Å². The molecule has 0 saturated carbocycles. The van der Waals surface area contributed by atoms with Crippen LogP contribution in [0.5, 0.6) is 0 Å². The minimum atomic E-state index is -0.230. The Morgan fingerprint density at radius 3 is 2.77 bits per heavy atom. The second-order valence-corrected chi connectivity index (χ2v) is 7.94. The highest BCUT2D eigenvalue weighted by molar-refractivity contribution is 9.10. The molecule has 6 nitrogen and oxygen atoms in total. The predicted octanol–water partition coefficient (Wildman–Crippen LogP) is 5.21. The van der Waals surface area contributed by atoms with Crippen molar-refractivity contribution in [3.63, 3.8) is 0 Å². The van der Waals surface area contributed by atoms with Crippen LogP contribution < -0.4 is 5.32 Å². The number of para-hydroxylation sites is 1. The maximum atomic E-state index is 12.6. The van der Waals surface area contributed by atoms with Gasteiger partial charge in [0.25, 0.3) is 0 Å². The van der Waals surface area contributed by atoms with Crippen LogP contribution in [0.2, 0.25) is 0 Å². The molecule has 4 rings (SSSR count). The molecule has 2 aromatic heterocycles. The normalized spacial score (nSPS) is 11.1. The Morgan fingerprint density at radius 2 is 1.97 bits per heavy atom. The average Bonchev–Trinajstić information content (AvgIpc) is 3.36. The number of anilines is 1. The van der Waals surface area contributed by atoms with Crippen molar-refractivity contribution in [2.45, 2.75) is 19.5 Å². The number of rotatable bonds is 7. The van der Waals surface area contributed by atoms with Gasteiger partial charge in [-0.05, 0) is 29.8 Å². The molecule has 0 atom stereocenters. The molecule has 31 heavy (non-hydrogen) atoms. The van der Waals surface area contributed by atoms with Gasteiger partial charge in [0, 0.05) is 45.8 Å². The molecule has 2 heterocycles. The van der Waals surface area contributed by atoms with Gasteiger partial charge in [-0.15, -0.1) is 0 Å². The van der Waals surface area contributed by atoms with E-state index in [2.05, 4.69) is 32.4 Å². The molecule has 1 N–H and O–H groups in total. The van der Waals surface area contributed by atoms with Crippen molar-refractivity contribution in [3.05, 3.63) is 88.7 Å². The van der Waals surface area contributed by atoms with E-state index in [9.17, 15) is 4.79 Å². The zero-order valence-electron chi connectivity index (χ0n) is 16.7. The number of fused-ring (bicyclic) bond motifs is 1. The van der Waals surface area contributed by atoms with Crippen molar-refractivity contribution >= 4 is 44.6 Å². The van der Waals surface area contributed by atoms with E-state index in [1.807, 2.05) is 59.3 Å². The number of aryl methyl sites for hydroxylation is 1. The van der Waals surface area contributed by atoms with Gasteiger partial charge in [0.1, 0.15) is 5.82 Å². The van der Waals surface area contributed by atoms with Crippen molar-refractivity contribution < 1.29 is 4.79 Å². The maximum Gasteiger partial charge on any atom is 0.249 e. The summed E-state index contributed by atoms with van der Waals surface area (Å²) in [5.41, 5.74) is 3.07. The average molecular weight is 474 g/mol. The minimum absolute atomic E-state index is 0.230. The lowest BCUT2D eigenvalue weighted by molar-refractivity contribution is -0.111. The number of benzene rings is 2. The summed E-state index contributed by atoms with van der Waals surface area (Å²) < 4.78 is 4.82. The molecule has 0 fully saturated rings. The molecule has 0 aliphatic rings. The van der Waals surface area contributed by atoms with Gasteiger partial charge in [0.2, 0.25) is 5.91 Å². The first-order valence-corrected chi connectivity index (χ1v) is 10.6. The molecular weight excluding hydrogens is 454 g/mol. The Hall–Kier alpha value is -3.63. The van der Waals surface area contributed by atoms with Crippen molar-refractivity contribution in [2.24, 2.45) is 0 Å². The third-order valence-electron chi connectivity index (χ3n) is 4.91. The van der Waals surface area contributed by atoms with E-state index in [4.69, 9.17) is 5.26 Å². The summed E-state index contributed by atoms with van der Waals surface area (Å²) in [5.74, 6) is 0.403. The Bertz CT molecular complexity index is 1280. The van der Waals surface area contributed by atoms with E-state index in [1.54, 1.807) is 23.0 Å². The molecule has 0 aliphatic heterocycles. The number of nitrogens with zero attached hydrogens (tertiary/aromatic N) is 4. The molecule has 0 radical (unpaired) electrons. The van der Waals surface area contributed by atoms with Crippen LogP contribution in [-0.4, -0.2) is 20.3 Å². The van der Waals surface area contributed by atoms with Gasteiger partial charge in [-0.2, -0.15) is 10.4 Å². The summed E-state index contributed by atoms with van der Waals surface area (Å²) in [6.07, 6.45) is 7.40. The van der Waals surface area contributed by atoms with E-state index in [0.29, 0.717) is 25.3 Å². The van der Waals surface area contributed by atoms with Crippen molar-refractivity contribution in [1.82, 2.24) is 14.3 Å². The minimum Gasteiger partial charge on any atom is -0.346 e. The summed E-state index contributed by atoms with van der Waals surface area (Å²) in [7, 11) is 0. The van der Waals surface area contributed by atoms with Crippen LogP contribution in [0.15, 0.2) is 77.5 Å². The van der Waals surface area contributed by atoms with Gasteiger partial charge in [-0.3, -0.25) is 4.79 Å². The number of carbonyl (C=O) groups is 1. The van der Waals surface area contributed by atoms with E-state index in [0.717, 1.165) is 26.5 Å². The van der Waals surface area contributed by atoms with E-state index < -0.39 is 0 Å². The van der Waals surface area contributed by atoms with Gasteiger partial charge in [0.15, 0.2) is 0 Å². The topological polar surface area (TPSA) is 75.6 Å². The molecule has 1 amide bonds. The molecule has 0 saturated heterocycles. The highest BCUT2D eigenvalue weighted by atomic mass is 79.9. The third kappa shape index (κ3) is 4.93. The summed E-state index contributed by atoms with van der Waals surface area (Å²) in [5, 5.41) is 17.2. The molecule has 4 aromatic rings. The lowest BCUT2D eigenvalue weighted by atomic mass is 10.1. The third-order valence-corrected chi connectivity index (χ3v) is 5.44. The van der Waals surface area contributed by atoms with Crippen LogP contribution in [0.3, 0.4) is 0 Å². The molecule has 0 spiro atoms. The van der Waals surface area contributed by atoms with E-state index in [-0.39, 0.29) is 5.91 Å². The molecule has 7 heteroatoms. The van der Waals surface area contributed by atoms with Crippen molar-refractivity contribution in [1.29, 1.82) is 5.26 Å². The smallest absolute Gasteiger partial charge is 0.249 e. The van der Waals surface area contributed by atoms with Crippen LogP contribution in [0.4, 0.5) is 5.82 Å². The highest BCUT2D eigenvalue weighted by Crippen LogP contribution is 2.23. The Morgan fingerprint density at radius 1 is 1.16 bits per heavy atom. The van der Waals surface area contributed by atoms with Gasteiger partial charge < -0.3 is 9.88 Å². The summed E-state index contributed by atoms with van der Waals surface area (Å²) in [6, 6.07) is 19.9. The van der Waals surface area contributed by atoms with E-state index in [1.165, 1.54) is 6.08 Å². The molecule has 154 valence electrons. The summed E-state index contributed by atoms with van der Waals surface area (Å²) in [4.78, 5) is 12.6. The van der Waals surface area contributed by atoms with Crippen molar-refractivity contribution in [3.8, 4) is 6.07 Å². The van der Waals surface area contributed by atoms with Crippen LogP contribution >= 0.6 is 15.9 Å². The number of hydrogen-bond acceptors (Lipinski definition) is 3. The summed E-state index contributed by atoms with van der Waals surface area (Å²) in [6.45, 7) is 1.18. The number of nitriles is 1. The second kappa shape index (κ2) is 9.45. The lowest BCUT2D eigenvalue weighted by Crippen LogP contribution is -2.13. The van der Waals surface area contributed by atoms with Gasteiger partial charge in [-0.25, -0.2) is 4.68 Å². The van der Waals surface area contributed by atoms with E-state index >= 15 is 0 Å². The van der Waals surface area contributed by atoms with Gasteiger partial charge in [-0.1, -0.05) is 46.3 Å². The number of amides is 1. The summed E-state index contributed by atoms with van der Waals surface area (Å²) >= 11 is 3.43. The Balaban J connectivity index is 1.48. The number of hydrogen-bond donors (Lipinski definition) is 1. The number of aromatic nitrogens is 3. The second-order valence-electron chi connectivity index (χ2n) is 7.03. The molecule has 2 aromatic carbocycles. The highest BCUT2D eigenvalue weighted by Gasteiger charge is 2.08. The zero-order chi connectivity index (χ0) is 21.6. The SMILES string of the molecule is N#CCCn1cc(/C=C/C(=O)Nc2ccnn2Cc2ccc(Br)cc2)c2ccccc21. The number of carbonyl (C=O) groups excluding carboxylic acids is 1. The molecule has 0 bridgehead atoms. The first-order valence-electron chi connectivity index (χ1n) is 9.84. The van der Waals surface area contributed by atoms with Gasteiger partial charge in [0.05, 0.1) is 25.2 Å². The first kappa shape index (κ1) is 20.6.